The van der Waals surface area contributed by atoms with Gasteiger partial charge < -0.3 is 10.1 Å². The zero-order valence-electron chi connectivity index (χ0n) is 20.6. The number of morpholine rings is 1. The molecule has 2 bridgehead atoms. The molecule has 1 N–H and O–H groups in total. The maximum Gasteiger partial charge on any atom is 0.273 e. The first kappa shape index (κ1) is 24.1. The fourth-order valence-electron chi connectivity index (χ4n) is 5.34. The summed E-state index contributed by atoms with van der Waals surface area (Å²) in [7, 11) is 0. The van der Waals surface area contributed by atoms with Gasteiger partial charge in [-0.1, -0.05) is 48.0 Å². The zero-order valence-corrected chi connectivity index (χ0v) is 20.6. The van der Waals surface area contributed by atoms with Crippen molar-refractivity contribution in [1.29, 1.82) is 0 Å². The summed E-state index contributed by atoms with van der Waals surface area (Å²) in [6.45, 7) is 6.29. The highest BCUT2D eigenvalue weighted by Gasteiger charge is 2.40. The van der Waals surface area contributed by atoms with Gasteiger partial charge in [0.25, 0.3) is 11.6 Å². The summed E-state index contributed by atoms with van der Waals surface area (Å²) in [4.78, 5) is 26.8. The molecular weight excluding hydrogens is 458 g/mol. The topological polar surface area (TPSA) is 103 Å². The van der Waals surface area contributed by atoms with Crippen LogP contribution < -0.4 is 5.32 Å². The second-order valence-electron chi connectivity index (χ2n) is 9.87. The van der Waals surface area contributed by atoms with E-state index in [1.807, 2.05) is 54.9 Å². The van der Waals surface area contributed by atoms with Crippen LogP contribution in [0.4, 0.5) is 5.69 Å². The van der Waals surface area contributed by atoms with Crippen LogP contribution in [0, 0.1) is 10.1 Å². The van der Waals surface area contributed by atoms with E-state index in [2.05, 4.69) is 21.4 Å². The van der Waals surface area contributed by atoms with Gasteiger partial charge in [0.1, 0.15) is 0 Å². The van der Waals surface area contributed by atoms with E-state index >= 15 is 0 Å². The van der Waals surface area contributed by atoms with Crippen molar-refractivity contribution in [2.24, 2.45) is 0 Å². The second-order valence-corrected chi connectivity index (χ2v) is 9.87. The molecule has 3 heterocycles. The Hall–Kier alpha value is -3.56. The minimum atomic E-state index is -0.324. The van der Waals surface area contributed by atoms with E-state index in [9.17, 15) is 14.9 Å². The molecule has 2 saturated heterocycles. The molecule has 9 nitrogen and oxygen atoms in total. The summed E-state index contributed by atoms with van der Waals surface area (Å²) in [5, 5.41) is 20.2. The number of nitrogens with one attached hydrogen (secondary N) is 1. The van der Waals surface area contributed by atoms with Crippen molar-refractivity contribution in [2.45, 2.75) is 57.9 Å². The number of carbonyl (C=O) groups is 1. The SMILES string of the molecule is CC(C)=CCn1nc(C(=O)NC2C[C@H]3COC[C@@H](C2)N3Cc2ccccc2[N+](=O)[O-])c2ccccc21. The summed E-state index contributed by atoms with van der Waals surface area (Å²) in [5.74, 6) is -0.168. The van der Waals surface area contributed by atoms with Gasteiger partial charge in [0, 0.05) is 41.7 Å². The number of nitro groups is 1. The lowest BCUT2D eigenvalue weighted by Gasteiger charge is -2.48. The van der Waals surface area contributed by atoms with Gasteiger partial charge in [-0.05, 0) is 32.8 Å². The minimum absolute atomic E-state index is 0.0138. The molecule has 0 radical (unpaired) electrons. The van der Waals surface area contributed by atoms with Crippen LogP contribution >= 0.6 is 0 Å². The molecule has 188 valence electrons. The van der Waals surface area contributed by atoms with Crippen LogP contribution in [-0.4, -0.2) is 56.9 Å². The molecule has 1 amide bonds. The maximum absolute atomic E-state index is 13.4. The summed E-state index contributed by atoms with van der Waals surface area (Å²) < 4.78 is 7.69. The first-order chi connectivity index (χ1) is 17.4. The average molecular weight is 490 g/mol. The lowest BCUT2D eigenvalue weighted by molar-refractivity contribution is -0.385. The molecule has 2 fully saturated rings. The molecule has 9 heteroatoms. The van der Waals surface area contributed by atoms with Crippen molar-refractivity contribution >= 4 is 22.5 Å². The number of nitro benzene ring substituents is 1. The molecule has 3 atom stereocenters. The molecule has 5 rings (SSSR count). The number of ether oxygens (including phenoxy) is 1. The first-order valence-electron chi connectivity index (χ1n) is 12.4. The van der Waals surface area contributed by atoms with Gasteiger partial charge >= 0.3 is 0 Å². The van der Waals surface area contributed by atoms with Crippen LogP contribution in [0.5, 0.6) is 0 Å². The number of rotatable bonds is 7. The molecule has 0 aliphatic carbocycles. The highest BCUT2D eigenvalue weighted by molar-refractivity contribution is 6.05. The molecule has 2 aliphatic heterocycles. The van der Waals surface area contributed by atoms with Crippen molar-refractivity contribution in [3.8, 4) is 0 Å². The Morgan fingerprint density at radius 1 is 1.14 bits per heavy atom. The quantitative estimate of drug-likeness (QED) is 0.305. The van der Waals surface area contributed by atoms with Gasteiger partial charge in [0.15, 0.2) is 5.69 Å². The highest BCUT2D eigenvalue weighted by atomic mass is 16.6. The summed E-state index contributed by atoms with van der Waals surface area (Å²) in [6, 6.07) is 14.8. The normalized spacial score (nSPS) is 21.8. The fraction of sp³-hybridized carbons (Fsp3) is 0.407. The third kappa shape index (κ3) is 4.89. The largest absolute Gasteiger partial charge is 0.378 e. The monoisotopic (exact) mass is 489 g/mol. The van der Waals surface area contributed by atoms with E-state index in [0.29, 0.717) is 37.6 Å². The van der Waals surface area contributed by atoms with Gasteiger partial charge in [-0.15, -0.1) is 0 Å². The fourth-order valence-corrected chi connectivity index (χ4v) is 5.34. The van der Waals surface area contributed by atoms with Crippen LogP contribution in [0.3, 0.4) is 0 Å². The third-order valence-corrected chi connectivity index (χ3v) is 7.09. The molecule has 1 unspecified atom stereocenters. The number of para-hydroxylation sites is 2. The first-order valence-corrected chi connectivity index (χ1v) is 12.4. The van der Waals surface area contributed by atoms with Crippen LogP contribution in [0.15, 0.2) is 60.2 Å². The van der Waals surface area contributed by atoms with Crippen LogP contribution in [0.1, 0.15) is 42.7 Å². The molecule has 36 heavy (non-hydrogen) atoms. The van der Waals surface area contributed by atoms with Gasteiger partial charge in [0.2, 0.25) is 0 Å². The molecule has 0 spiro atoms. The molecule has 2 aliphatic rings. The summed E-state index contributed by atoms with van der Waals surface area (Å²) >= 11 is 0. The summed E-state index contributed by atoms with van der Waals surface area (Å²) in [5.41, 5.74) is 3.42. The zero-order chi connectivity index (χ0) is 25.2. The number of benzene rings is 2. The van der Waals surface area contributed by atoms with Crippen LogP contribution in [0.25, 0.3) is 10.9 Å². The third-order valence-electron chi connectivity index (χ3n) is 7.09. The predicted octanol–water partition coefficient (Wildman–Crippen LogP) is 4.07. The highest BCUT2D eigenvalue weighted by Crippen LogP contribution is 2.32. The predicted molar refractivity (Wildman–Crippen MR) is 137 cm³/mol. The van der Waals surface area contributed by atoms with E-state index in [1.54, 1.807) is 12.1 Å². The molecule has 1 aromatic heterocycles. The van der Waals surface area contributed by atoms with Crippen molar-refractivity contribution in [3.05, 3.63) is 81.6 Å². The van der Waals surface area contributed by atoms with Gasteiger partial charge in [-0.2, -0.15) is 5.10 Å². The number of piperidine rings is 1. The number of hydrogen-bond donors (Lipinski definition) is 1. The number of nitrogens with zero attached hydrogens (tertiary/aromatic N) is 4. The Morgan fingerprint density at radius 3 is 2.56 bits per heavy atom. The Bertz CT molecular complexity index is 1300. The van der Waals surface area contributed by atoms with Crippen LogP contribution in [0.2, 0.25) is 0 Å². The van der Waals surface area contributed by atoms with Crippen molar-refractivity contribution in [1.82, 2.24) is 20.0 Å². The average Bonchev–Trinajstić information content (AvgIpc) is 3.22. The molecule has 2 aromatic carbocycles. The van der Waals surface area contributed by atoms with Gasteiger partial charge in [0.05, 0.1) is 30.2 Å². The van der Waals surface area contributed by atoms with Crippen molar-refractivity contribution in [2.75, 3.05) is 13.2 Å². The Kier molecular flexibility index (Phi) is 6.84. The van der Waals surface area contributed by atoms with Crippen LogP contribution in [-0.2, 0) is 17.8 Å². The molecular formula is C27H31N5O4. The number of amides is 1. The molecule has 0 saturated carbocycles. The molecule has 3 aromatic rings. The smallest absolute Gasteiger partial charge is 0.273 e. The van der Waals surface area contributed by atoms with E-state index in [4.69, 9.17) is 4.74 Å². The standard InChI is InChI=1S/C27H31N5O4/c1-18(2)11-12-31-25-10-6-4-8-23(25)26(29-31)27(33)28-20-13-21-16-36-17-22(14-20)30(21)15-19-7-3-5-9-24(19)32(34)35/h3-11,20-22H,12-17H2,1-2H3,(H,28,33)/t20?,21-,22+. The lowest BCUT2D eigenvalue weighted by atomic mass is 9.89. The number of fused-ring (bicyclic) bond motifs is 3. The Morgan fingerprint density at radius 2 is 1.83 bits per heavy atom. The second kappa shape index (κ2) is 10.2. The number of aromatic nitrogens is 2. The number of allylic oxidation sites excluding steroid dienone is 2. The van der Waals surface area contributed by atoms with E-state index in [0.717, 1.165) is 23.7 Å². The van der Waals surface area contributed by atoms with Gasteiger partial charge in [-0.25, -0.2) is 0 Å². The van der Waals surface area contributed by atoms with E-state index in [-0.39, 0.29) is 34.6 Å². The lowest BCUT2D eigenvalue weighted by Crippen LogP contribution is -2.60. The van der Waals surface area contributed by atoms with E-state index < -0.39 is 0 Å². The van der Waals surface area contributed by atoms with Crippen molar-refractivity contribution < 1.29 is 14.5 Å². The summed E-state index contributed by atoms with van der Waals surface area (Å²) in [6.07, 6.45) is 3.54. The number of carbonyl (C=O) groups excluding carboxylic acids is 1. The maximum atomic E-state index is 13.4. The van der Waals surface area contributed by atoms with Gasteiger partial charge in [-0.3, -0.25) is 24.5 Å². The Balaban J connectivity index is 1.32. The van der Waals surface area contributed by atoms with E-state index in [1.165, 1.54) is 5.57 Å². The Labute approximate surface area is 209 Å². The van der Waals surface area contributed by atoms with Crippen molar-refractivity contribution in [3.63, 3.8) is 0 Å². The minimum Gasteiger partial charge on any atom is -0.378 e. The number of hydrogen-bond acceptors (Lipinski definition) is 6.